The summed E-state index contributed by atoms with van der Waals surface area (Å²) in [4.78, 5) is 11.9. The summed E-state index contributed by atoms with van der Waals surface area (Å²) in [5, 5.41) is 20.8. The van der Waals surface area contributed by atoms with Crippen molar-refractivity contribution in [3.8, 4) is 5.75 Å². The Balaban J connectivity index is 2.20. The van der Waals surface area contributed by atoms with Gasteiger partial charge in [-0.1, -0.05) is 11.3 Å². The molecule has 2 aromatic rings. The number of aromatic hydroxyl groups is 1. The number of rotatable bonds is 2. The van der Waals surface area contributed by atoms with E-state index < -0.39 is 0 Å². The summed E-state index contributed by atoms with van der Waals surface area (Å²) in [6, 6.07) is 4.60. The number of hydrogen-bond donors (Lipinski definition) is 2. The van der Waals surface area contributed by atoms with E-state index in [0.29, 0.717) is 16.3 Å². The molecule has 0 radical (unpaired) electrons. The molecule has 1 amide bonds. The van der Waals surface area contributed by atoms with Crippen LogP contribution >= 0.6 is 11.3 Å². The zero-order chi connectivity index (χ0) is 12.4. The van der Waals surface area contributed by atoms with Gasteiger partial charge in [-0.2, -0.15) is 0 Å². The minimum Gasteiger partial charge on any atom is -0.508 e. The molecule has 0 saturated heterocycles. The fourth-order valence-electron chi connectivity index (χ4n) is 1.41. The lowest BCUT2D eigenvalue weighted by Crippen LogP contribution is -2.13. The van der Waals surface area contributed by atoms with Crippen LogP contribution in [0.1, 0.15) is 20.9 Å². The molecule has 0 atom stereocenters. The molecule has 0 fully saturated rings. The van der Waals surface area contributed by atoms with Crippen molar-refractivity contribution >= 4 is 22.4 Å². The number of nitrogens with one attached hydrogen (secondary N) is 1. The van der Waals surface area contributed by atoms with Gasteiger partial charge in [0.1, 0.15) is 10.8 Å². The molecule has 1 heterocycles. The van der Waals surface area contributed by atoms with E-state index in [1.54, 1.807) is 19.1 Å². The highest BCUT2D eigenvalue weighted by Gasteiger charge is 2.11. The first-order valence-corrected chi connectivity index (χ1v) is 5.79. The van der Waals surface area contributed by atoms with Crippen molar-refractivity contribution < 1.29 is 9.90 Å². The molecular formula is C11H11N3O2S. The van der Waals surface area contributed by atoms with Gasteiger partial charge in [-0.15, -0.1) is 10.2 Å². The quantitative estimate of drug-likeness (QED) is 0.854. The summed E-state index contributed by atoms with van der Waals surface area (Å²) in [6.45, 7) is 3.58. The van der Waals surface area contributed by atoms with Gasteiger partial charge in [0.25, 0.3) is 5.91 Å². The van der Waals surface area contributed by atoms with E-state index in [-0.39, 0.29) is 11.7 Å². The van der Waals surface area contributed by atoms with Gasteiger partial charge in [-0.25, -0.2) is 0 Å². The predicted octanol–water partition coefficient (Wildman–Crippen LogP) is 2.11. The molecule has 0 aliphatic carbocycles. The average Bonchev–Trinajstić information content (AvgIpc) is 2.63. The van der Waals surface area contributed by atoms with E-state index in [4.69, 9.17) is 0 Å². The number of amides is 1. The first-order valence-electron chi connectivity index (χ1n) is 4.97. The Morgan fingerprint density at radius 1 is 1.35 bits per heavy atom. The first kappa shape index (κ1) is 11.5. The van der Waals surface area contributed by atoms with E-state index in [1.165, 1.54) is 17.4 Å². The molecule has 0 bridgehead atoms. The van der Waals surface area contributed by atoms with Crippen molar-refractivity contribution in [1.29, 1.82) is 0 Å². The first-order chi connectivity index (χ1) is 8.06. The van der Waals surface area contributed by atoms with Gasteiger partial charge in [-0.3, -0.25) is 10.1 Å². The van der Waals surface area contributed by atoms with Crippen LogP contribution in [-0.2, 0) is 0 Å². The number of phenols is 1. The van der Waals surface area contributed by atoms with Crippen LogP contribution < -0.4 is 5.32 Å². The number of phenolic OH excluding ortho intramolecular Hbond substituents is 1. The van der Waals surface area contributed by atoms with Crippen molar-refractivity contribution in [1.82, 2.24) is 10.2 Å². The smallest absolute Gasteiger partial charge is 0.257 e. The van der Waals surface area contributed by atoms with E-state index in [0.717, 1.165) is 5.01 Å². The number of aromatic nitrogens is 2. The van der Waals surface area contributed by atoms with Crippen LogP contribution in [-0.4, -0.2) is 21.2 Å². The van der Waals surface area contributed by atoms with Gasteiger partial charge in [0.05, 0.1) is 0 Å². The summed E-state index contributed by atoms with van der Waals surface area (Å²) in [5.41, 5.74) is 1.22. The largest absolute Gasteiger partial charge is 0.508 e. The molecule has 0 aliphatic heterocycles. The summed E-state index contributed by atoms with van der Waals surface area (Å²) in [5.74, 6) is -0.107. The second-order valence-electron chi connectivity index (χ2n) is 3.58. The minimum absolute atomic E-state index is 0.144. The molecule has 0 unspecified atom stereocenters. The highest BCUT2D eigenvalue weighted by atomic mass is 32.1. The van der Waals surface area contributed by atoms with E-state index in [9.17, 15) is 9.90 Å². The number of hydrogen-bond acceptors (Lipinski definition) is 5. The standard InChI is InChI=1S/C11H11N3O2S/c1-6-5-8(15)3-4-9(6)10(16)12-11-14-13-7(2)17-11/h3-5,15H,1-2H3,(H,12,14,16). The maximum atomic E-state index is 11.9. The molecule has 0 spiro atoms. The molecule has 0 aliphatic rings. The van der Waals surface area contributed by atoms with Crippen molar-refractivity contribution in [2.45, 2.75) is 13.8 Å². The Morgan fingerprint density at radius 2 is 2.12 bits per heavy atom. The summed E-state index contributed by atoms with van der Waals surface area (Å²) in [7, 11) is 0. The molecule has 2 N–H and O–H groups in total. The van der Waals surface area contributed by atoms with Gasteiger partial charge in [0.15, 0.2) is 0 Å². The lowest BCUT2D eigenvalue weighted by molar-refractivity contribution is 0.102. The Bertz CT molecular complexity index is 566. The van der Waals surface area contributed by atoms with Crippen LogP contribution in [0.15, 0.2) is 18.2 Å². The minimum atomic E-state index is -0.251. The lowest BCUT2D eigenvalue weighted by Gasteiger charge is -2.05. The van der Waals surface area contributed by atoms with Gasteiger partial charge in [-0.05, 0) is 37.6 Å². The Hall–Kier alpha value is -1.95. The summed E-state index contributed by atoms with van der Waals surface area (Å²) < 4.78 is 0. The van der Waals surface area contributed by atoms with E-state index in [2.05, 4.69) is 15.5 Å². The SMILES string of the molecule is Cc1nnc(NC(=O)c2ccc(O)cc2C)s1. The zero-order valence-electron chi connectivity index (χ0n) is 9.39. The summed E-state index contributed by atoms with van der Waals surface area (Å²) in [6.07, 6.45) is 0. The van der Waals surface area contributed by atoms with Gasteiger partial charge >= 0.3 is 0 Å². The van der Waals surface area contributed by atoms with Crippen molar-refractivity contribution in [3.63, 3.8) is 0 Å². The van der Waals surface area contributed by atoms with Crippen molar-refractivity contribution in [2.75, 3.05) is 5.32 Å². The van der Waals surface area contributed by atoms with Crippen LogP contribution in [0.4, 0.5) is 5.13 Å². The molecule has 5 nitrogen and oxygen atoms in total. The monoisotopic (exact) mass is 249 g/mol. The lowest BCUT2D eigenvalue weighted by atomic mass is 10.1. The Kier molecular flexibility index (Phi) is 3.06. The molecule has 1 aromatic heterocycles. The normalized spacial score (nSPS) is 10.2. The fourth-order valence-corrected chi connectivity index (χ4v) is 2.00. The number of carbonyl (C=O) groups excluding carboxylic acids is 1. The molecule has 1 aromatic carbocycles. The maximum absolute atomic E-state index is 11.9. The third kappa shape index (κ3) is 2.59. The third-order valence-electron chi connectivity index (χ3n) is 2.20. The number of aryl methyl sites for hydroxylation is 2. The van der Waals surface area contributed by atoms with E-state index >= 15 is 0 Å². The maximum Gasteiger partial charge on any atom is 0.257 e. The molecule has 17 heavy (non-hydrogen) atoms. The van der Waals surface area contributed by atoms with Gasteiger partial charge in [0, 0.05) is 5.56 Å². The molecular weight excluding hydrogens is 238 g/mol. The van der Waals surface area contributed by atoms with Crippen LogP contribution in [0.5, 0.6) is 5.75 Å². The Morgan fingerprint density at radius 3 is 2.71 bits per heavy atom. The number of nitrogens with zero attached hydrogens (tertiary/aromatic N) is 2. The number of carbonyl (C=O) groups is 1. The van der Waals surface area contributed by atoms with Gasteiger partial charge in [0.2, 0.25) is 5.13 Å². The van der Waals surface area contributed by atoms with Gasteiger partial charge < -0.3 is 5.11 Å². The zero-order valence-corrected chi connectivity index (χ0v) is 10.2. The third-order valence-corrected chi connectivity index (χ3v) is 2.96. The Labute approximate surface area is 102 Å². The fraction of sp³-hybridized carbons (Fsp3) is 0.182. The van der Waals surface area contributed by atoms with Crippen LogP contribution in [0.25, 0.3) is 0 Å². The topological polar surface area (TPSA) is 75.1 Å². The van der Waals surface area contributed by atoms with Crippen LogP contribution in [0.3, 0.4) is 0 Å². The average molecular weight is 249 g/mol. The van der Waals surface area contributed by atoms with Crippen LogP contribution in [0, 0.1) is 13.8 Å². The number of benzene rings is 1. The molecule has 0 saturated carbocycles. The van der Waals surface area contributed by atoms with Crippen molar-refractivity contribution in [3.05, 3.63) is 34.3 Å². The molecule has 6 heteroatoms. The highest BCUT2D eigenvalue weighted by molar-refractivity contribution is 7.15. The highest BCUT2D eigenvalue weighted by Crippen LogP contribution is 2.19. The van der Waals surface area contributed by atoms with Crippen molar-refractivity contribution in [2.24, 2.45) is 0 Å². The molecule has 88 valence electrons. The number of anilines is 1. The van der Waals surface area contributed by atoms with E-state index in [1.807, 2.05) is 6.92 Å². The molecule has 2 rings (SSSR count). The predicted molar refractivity (Wildman–Crippen MR) is 65.4 cm³/mol. The second-order valence-corrected chi connectivity index (χ2v) is 4.76. The summed E-state index contributed by atoms with van der Waals surface area (Å²) >= 11 is 1.32. The van der Waals surface area contributed by atoms with Crippen LogP contribution in [0.2, 0.25) is 0 Å². The second kappa shape index (κ2) is 4.50.